The summed E-state index contributed by atoms with van der Waals surface area (Å²) in [6, 6.07) is 9.16. The number of aryl methyl sites for hydroxylation is 1. The molecule has 1 saturated heterocycles. The van der Waals surface area contributed by atoms with E-state index in [0.29, 0.717) is 12.1 Å². The Hall–Kier alpha value is -0.510. The van der Waals surface area contributed by atoms with Crippen molar-refractivity contribution in [3.8, 4) is 0 Å². The SMILES string of the molecule is CNC(Cc1cccc(C)c1)C1CSCCO1. The van der Waals surface area contributed by atoms with Gasteiger partial charge in [-0.1, -0.05) is 29.8 Å². The van der Waals surface area contributed by atoms with Gasteiger partial charge < -0.3 is 10.1 Å². The van der Waals surface area contributed by atoms with E-state index in [1.165, 1.54) is 11.1 Å². The van der Waals surface area contributed by atoms with E-state index >= 15 is 0 Å². The molecule has 1 aliphatic heterocycles. The maximum Gasteiger partial charge on any atom is 0.0821 e. The third-order valence-electron chi connectivity index (χ3n) is 3.20. The first-order valence-corrected chi connectivity index (χ1v) is 7.37. The van der Waals surface area contributed by atoms with Crippen molar-refractivity contribution in [3.05, 3.63) is 35.4 Å². The smallest absolute Gasteiger partial charge is 0.0821 e. The lowest BCUT2D eigenvalue weighted by atomic mass is 10.0. The van der Waals surface area contributed by atoms with Crippen LogP contribution >= 0.6 is 11.8 Å². The fourth-order valence-corrected chi connectivity index (χ4v) is 3.19. The quantitative estimate of drug-likeness (QED) is 0.887. The highest BCUT2D eigenvalue weighted by atomic mass is 32.2. The monoisotopic (exact) mass is 251 g/mol. The minimum Gasteiger partial charge on any atom is -0.375 e. The normalized spacial score (nSPS) is 22.4. The van der Waals surface area contributed by atoms with Gasteiger partial charge in [0.2, 0.25) is 0 Å². The van der Waals surface area contributed by atoms with Crippen molar-refractivity contribution in [1.29, 1.82) is 0 Å². The summed E-state index contributed by atoms with van der Waals surface area (Å²) in [7, 11) is 2.03. The maximum atomic E-state index is 5.85. The molecular weight excluding hydrogens is 230 g/mol. The first-order chi connectivity index (χ1) is 8.29. The summed E-state index contributed by atoms with van der Waals surface area (Å²) >= 11 is 2.00. The predicted octanol–water partition coefficient (Wildman–Crippen LogP) is 2.26. The highest BCUT2D eigenvalue weighted by molar-refractivity contribution is 7.99. The van der Waals surface area contributed by atoms with Gasteiger partial charge in [-0.25, -0.2) is 0 Å². The third-order valence-corrected chi connectivity index (χ3v) is 4.22. The van der Waals surface area contributed by atoms with Gasteiger partial charge in [-0.05, 0) is 26.0 Å². The molecule has 0 bridgehead atoms. The van der Waals surface area contributed by atoms with E-state index < -0.39 is 0 Å². The lowest BCUT2D eigenvalue weighted by Crippen LogP contribution is -2.44. The van der Waals surface area contributed by atoms with Crippen molar-refractivity contribution in [1.82, 2.24) is 5.32 Å². The van der Waals surface area contributed by atoms with Crippen LogP contribution in [0.15, 0.2) is 24.3 Å². The van der Waals surface area contributed by atoms with Crippen molar-refractivity contribution in [2.45, 2.75) is 25.5 Å². The lowest BCUT2D eigenvalue weighted by Gasteiger charge is -2.30. The van der Waals surface area contributed by atoms with Crippen LogP contribution in [0.1, 0.15) is 11.1 Å². The zero-order chi connectivity index (χ0) is 12.1. The number of likely N-dealkylation sites (N-methyl/N-ethyl adjacent to an activating group) is 1. The standard InChI is InChI=1S/C14H21NOS/c1-11-4-3-5-12(8-11)9-13(15-2)14-10-17-7-6-16-14/h3-5,8,13-15H,6-7,9-10H2,1-2H3. The average molecular weight is 251 g/mol. The Morgan fingerprint density at radius 3 is 3.06 bits per heavy atom. The first-order valence-electron chi connectivity index (χ1n) is 6.22. The van der Waals surface area contributed by atoms with Crippen LogP contribution in [0.2, 0.25) is 0 Å². The van der Waals surface area contributed by atoms with Crippen LogP contribution in [-0.4, -0.2) is 37.3 Å². The summed E-state index contributed by atoms with van der Waals surface area (Å²) in [6.45, 7) is 3.03. The minimum atomic E-state index is 0.347. The molecule has 1 aromatic rings. The largest absolute Gasteiger partial charge is 0.375 e. The Kier molecular flexibility index (Phi) is 4.89. The Morgan fingerprint density at radius 1 is 1.53 bits per heavy atom. The second-order valence-corrected chi connectivity index (χ2v) is 5.72. The van der Waals surface area contributed by atoms with Gasteiger partial charge in [0.25, 0.3) is 0 Å². The molecule has 0 aromatic heterocycles. The number of thioether (sulfide) groups is 1. The van der Waals surface area contributed by atoms with Gasteiger partial charge in [0.15, 0.2) is 0 Å². The van der Waals surface area contributed by atoms with Crippen LogP contribution < -0.4 is 5.32 Å². The van der Waals surface area contributed by atoms with Gasteiger partial charge in [0.05, 0.1) is 12.7 Å². The Bertz CT molecular complexity index is 350. The molecule has 1 N–H and O–H groups in total. The van der Waals surface area contributed by atoms with E-state index in [1.807, 2.05) is 18.8 Å². The molecule has 1 fully saturated rings. The van der Waals surface area contributed by atoms with Crippen LogP contribution in [0.5, 0.6) is 0 Å². The molecule has 0 amide bonds. The van der Waals surface area contributed by atoms with Crippen molar-refractivity contribution in [2.75, 3.05) is 25.2 Å². The van der Waals surface area contributed by atoms with Crippen molar-refractivity contribution < 1.29 is 4.74 Å². The predicted molar refractivity (Wildman–Crippen MR) is 74.8 cm³/mol. The number of ether oxygens (including phenoxy) is 1. The van der Waals surface area contributed by atoms with Crippen molar-refractivity contribution in [3.63, 3.8) is 0 Å². The Morgan fingerprint density at radius 2 is 2.41 bits per heavy atom. The van der Waals surface area contributed by atoms with Gasteiger partial charge in [0, 0.05) is 17.5 Å². The fourth-order valence-electron chi connectivity index (χ4n) is 2.25. The number of hydrogen-bond acceptors (Lipinski definition) is 3. The molecule has 94 valence electrons. The van der Waals surface area contributed by atoms with Crippen LogP contribution in [0, 0.1) is 6.92 Å². The highest BCUT2D eigenvalue weighted by Gasteiger charge is 2.23. The van der Waals surface area contributed by atoms with Gasteiger partial charge in [-0.15, -0.1) is 0 Å². The number of benzene rings is 1. The van der Waals surface area contributed by atoms with Crippen molar-refractivity contribution in [2.24, 2.45) is 0 Å². The van der Waals surface area contributed by atoms with E-state index in [2.05, 4.69) is 36.5 Å². The zero-order valence-electron chi connectivity index (χ0n) is 10.6. The molecule has 3 heteroatoms. The molecule has 0 aliphatic carbocycles. The maximum absolute atomic E-state index is 5.85. The summed E-state index contributed by atoms with van der Waals surface area (Å²) in [5.41, 5.74) is 2.72. The number of nitrogens with one attached hydrogen (secondary N) is 1. The van der Waals surface area contributed by atoms with Crippen LogP contribution in [0.3, 0.4) is 0 Å². The second kappa shape index (κ2) is 6.43. The molecule has 1 aliphatic rings. The Balaban J connectivity index is 1.98. The molecule has 1 heterocycles. The summed E-state index contributed by atoms with van der Waals surface area (Å²) in [4.78, 5) is 0. The molecule has 1 aromatic carbocycles. The van der Waals surface area contributed by atoms with Gasteiger partial charge >= 0.3 is 0 Å². The van der Waals surface area contributed by atoms with Crippen LogP contribution in [0.4, 0.5) is 0 Å². The molecule has 2 unspecified atom stereocenters. The molecule has 2 rings (SSSR count). The van der Waals surface area contributed by atoms with Crippen molar-refractivity contribution >= 4 is 11.8 Å². The summed E-state index contributed by atoms with van der Waals surface area (Å²) < 4.78 is 5.85. The second-order valence-electron chi connectivity index (χ2n) is 4.57. The molecule has 0 spiro atoms. The highest BCUT2D eigenvalue weighted by Crippen LogP contribution is 2.18. The molecule has 2 nitrogen and oxygen atoms in total. The van der Waals surface area contributed by atoms with E-state index in [4.69, 9.17) is 4.74 Å². The topological polar surface area (TPSA) is 21.3 Å². The average Bonchev–Trinajstić information content (AvgIpc) is 2.37. The van der Waals surface area contributed by atoms with E-state index in [-0.39, 0.29) is 0 Å². The third kappa shape index (κ3) is 3.73. The fraction of sp³-hybridized carbons (Fsp3) is 0.571. The molecule has 0 radical (unpaired) electrons. The van der Waals surface area contributed by atoms with Crippen LogP contribution in [0.25, 0.3) is 0 Å². The summed E-state index contributed by atoms with van der Waals surface area (Å²) in [5, 5.41) is 3.40. The van der Waals surface area contributed by atoms with Gasteiger partial charge in [0.1, 0.15) is 0 Å². The summed E-state index contributed by atoms with van der Waals surface area (Å²) in [6.07, 6.45) is 1.39. The zero-order valence-corrected chi connectivity index (χ0v) is 11.4. The number of rotatable bonds is 4. The van der Waals surface area contributed by atoms with Gasteiger partial charge in [-0.2, -0.15) is 11.8 Å². The van der Waals surface area contributed by atoms with E-state index in [9.17, 15) is 0 Å². The Labute approximate surface area is 108 Å². The molecular formula is C14H21NOS. The number of hydrogen-bond donors (Lipinski definition) is 1. The first kappa shape index (κ1) is 12.9. The van der Waals surface area contributed by atoms with E-state index in [1.54, 1.807) is 0 Å². The minimum absolute atomic E-state index is 0.347. The summed E-state index contributed by atoms with van der Waals surface area (Å²) in [5.74, 6) is 2.24. The van der Waals surface area contributed by atoms with Crippen LogP contribution in [-0.2, 0) is 11.2 Å². The van der Waals surface area contributed by atoms with E-state index in [0.717, 1.165) is 24.5 Å². The molecule has 2 atom stereocenters. The molecule has 0 saturated carbocycles. The van der Waals surface area contributed by atoms with Gasteiger partial charge in [-0.3, -0.25) is 0 Å². The molecule has 17 heavy (non-hydrogen) atoms. The lowest BCUT2D eigenvalue weighted by molar-refractivity contribution is 0.0492.